The highest BCUT2D eigenvalue weighted by Gasteiger charge is 2.06. The summed E-state index contributed by atoms with van der Waals surface area (Å²) >= 11 is 0. The molecule has 6 heteroatoms. The molecule has 1 aromatic heterocycles. The molecule has 116 valence electrons. The number of nitrogens with zero attached hydrogens (tertiary/aromatic N) is 3. The van der Waals surface area contributed by atoms with Gasteiger partial charge in [-0.05, 0) is 36.2 Å². The Balaban J connectivity index is 1.77. The average Bonchev–Trinajstić information content (AvgIpc) is 3.04. The number of carbonyl (C=O) groups is 1. The van der Waals surface area contributed by atoms with Crippen molar-refractivity contribution in [3.63, 3.8) is 0 Å². The van der Waals surface area contributed by atoms with Crippen LogP contribution in [0.15, 0.2) is 54.9 Å². The van der Waals surface area contributed by atoms with Crippen molar-refractivity contribution in [1.82, 2.24) is 14.8 Å². The molecule has 0 unspecified atom stereocenters. The van der Waals surface area contributed by atoms with E-state index >= 15 is 0 Å². The molecule has 2 N–H and O–H groups in total. The molecule has 3 aromatic rings. The van der Waals surface area contributed by atoms with Crippen LogP contribution in [0, 0.1) is 0 Å². The largest absolute Gasteiger partial charge is 0.508 e. The summed E-state index contributed by atoms with van der Waals surface area (Å²) in [4.78, 5) is 14.9. The molecular weight excluding hydrogens is 294 g/mol. The molecule has 0 saturated heterocycles. The van der Waals surface area contributed by atoms with Crippen LogP contribution in [0.4, 0.5) is 0 Å². The molecular formula is C17H15N3O3. The summed E-state index contributed by atoms with van der Waals surface area (Å²) in [5.41, 5.74) is 2.63. The van der Waals surface area contributed by atoms with Crippen molar-refractivity contribution in [3.05, 3.63) is 60.4 Å². The average molecular weight is 309 g/mol. The van der Waals surface area contributed by atoms with Crippen LogP contribution < -0.4 is 0 Å². The van der Waals surface area contributed by atoms with Gasteiger partial charge in [0.15, 0.2) is 5.82 Å². The third-order valence-electron chi connectivity index (χ3n) is 3.45. The number of phenolic OH excluding ortho intramolecular Hbond substituents is 1. The van der Waals surface area contributed by atoms with E-state index in [9.17, 15) is 9.90 Å². The van der Waals surface area contributed by atoms with E-state index in [0.717, 1.165) is 16.8 Å². The molecule has 0 bridgehead atoms. The fourth-order valence-electron chi connectivity index (χ4n) is 2.20. The Morgan fingerprint density at radius 2 is 1.74 bits per heavy atom. The number of aromatic nitrogens is 3. The van der Waals surface area contributed by atoms with E-state index in [-0.39, 0.29) is 12.2 Å². The van der Waals surface area contributed by atoms with Gasteiger partial charge in [0.25, 0.3) is 0 Å². The second-order valence-electron chi connectivity index (χ2n) is 5.12. The molecule has 6 nitrogen and oxygen atoms in total. The van der Waals surface area contributed by atoms with Crippen molar-refractivity contribution in [2.24, 2.45) is 0 Å². The maximum Gasteiger partial charge on any atom is 0.303 e. The zero-order valence-corrected chi connectivity index (χ0v) is 12.3. The van der Waals surface area contributed by atoms with E-state index in [2.05, 4.69) is 10.1 Å². The molecule has 0 aliphatic carbocycles. The zero-order valence-electron chi connectivity index (χ0n) is 12.3. The minimum atomic E-state index is -0.802. The van der Waals surface area contributed by atoms with E-state index in [1.807, 2.05) is 24.3 Å². The first-order valence-electron chi connectivity index (χ1n) is 7.14. The number of carboxylic acid groups (broad SMARTS) is 1. The monoisotopic (exact) mass is 309 g/mol. The number of hydrogen-bond donors (Lipinski definition) is 2. The van der Waals surface area contributed by atoms with Crippen LogP contribution in [-0.2, 0) is 11.2 Å². The van der Waals surface area contributed by atoms with Crippen LogP contribution in [0.25, 0.3) is 17.1 Å². The van der Waals surface area contributed by atoms with Crippen molar-refractivity contribution in [3.8, 4) is 22.8 Å². The van der Waals surface area contributed by atoms with Crippen molar-refractivity contribution < 1.29 is 15.0 Å². The molecule has 2 aromatic carbocycles. The summed E-state index contributed by atoms with van der Waals surface area (Å²) in [6.45, 7) is 0. The topological polar surface area (TPSA) is 88.2 Å². The quantitative estimate of drug-likeness (QED) is 0.756. The zero-order chi connectivity index (χ0) is 16.2. The van der Waals surface area contributed by atoms with Gasteiger partial charge in [-0.3, -0.25) is 4.79 Å². The van der Waals surface area contributed by atoms with Crippen LogP contribution in [0.3, 0.4) is 0 Å². The van der Waals surface area contributed by atoms with Gasteiger partial charge in [-0.2, -0.15) is 0 Å². The summed E-state index contributed by atoms with van der Waals surface area (Å²) in [6.07, 6.45) is 2.23. The van der Waals surface area contributed by atoms with Gasteiger partial charge >= 0.3 is 5.97 Å². The lowest BCUT2D eigenvalue weighted by atomic mass is 10.1. The van der Waals surface area contributed by atoms with Gasteiger partial charge in [0.05, 0.1) is 5.69 Å². The number of benzene rings is 2. The van der Waals surface area contributed by atoms with Gasteiger partial charge in [0, 0.05) is 12.0 Å². The Labute approximate surface area is 132 Å². The minimum absolute atomic E-state index is 0.118. The second-order valence-corrected chi connectivity index (χ2v) is 5.12. The molecule has 1 heterocycles. The van der Waals surface area contributed by atoms with E-state index in [0.29, 0.717) is 12.2 Å². The number of aryl methyl sites for hydroxylation is 1. The lowest BCUT2D eigenvalue weighted by molar-refractivity contribution is -0.136. The number of carboxylic acids is 1. The van der Waals surface area contributed by atoms with E-state index < -0.39 is 5.97 Å². The Kier molecular flexibility index (Phi) is 4.05. The van der Waals surface area contributed by atoms with Crippen LogP contribution in [0.1, 0.15) is 12.0 Å². The van der Waals surface area contributed by atoms with Gasteiger partial charge < -0.3 is 10.2 Å². The standard InChI is InChI=1S/C17H15N3O3/c21-15-8-6-14(7-9-15)20-11-18-17(19-20)13-4-1-12(2-5-13)3-10-16(22)23/h1-2,4-9,11,21H,3,10H2,(H,22,23). The Morgan fingerprint density at radius 1 is 1.04 bits per heavy atom. The number of phenols is 1. The summed E-state index contributed by atoms with van der Waals surface area (Å²) < 4.78 is 1.63. The maximum absolute atomic E-state index is 10.6. The van der Waals surface area contributed by atoms with Crippen molar-refractivity contribution in [2.75, 3.05) is 0 Å². The van der Waals surface area contributed by atoms with Gasteiger partial charge in [0.2, 0.25) is 0 Å². The summed E-state index contributed by atoms with van der Waals surface area (Å²) in [5, 5.41) is 22.4. The highest BCUT2D eigenvalue weighted by molar-refractivity contribution is 5.67. The fraction of sp³-hybridized carbons (Fsp3) is 0.118. The van der Waals surface area contributed by atoms with Crippen molar-refractivity contribution in [2.45, 2.75) is 12.8 Å². The third-order valence-corrected chi connectivity index (χ3v) is 3.45. The molecule has 0 amide bonds. The lowest BCUT2D eigenvalue weighted by Gasteiger charge is -2.01. The molecule has 23 heavy (non-hydrogen) atoms. The number of rotatable bonds is 5. The Morgan fingerprint density at radius 3 is 2.39 bits per heavy atom. The highest BCUT2D eigenvalue weighted by Crippen LogP contribution is 2.18. The maximum atomic E-state index is 10.6. The highest BCUT2D eigenvalue weighted by atomic mass is 16.4. The van der Waals surface area contributed by atoms with Gasteiger partial charge in [-0.25, -0.2) is 9.67 Å². The van der Waals surface area contributed by atoms with Crippen LogP contribution >= 0.6 is 0 Å². The molecule has 0 spiro atoms. The summed E-state index contributed by atoms with van der Waals surface area (Å²) in [5.74, 6) is -0.0164. The Hall–Kier alpha value is -3.15. The first-order valence-corrected chi connectivity index (χ1v) is 7.14. The van der Waals surface area contributed by atoms with Crippen molar-refractivity contribution in [1.29, 1.82) is 0 Å². The second kappa shape index (κ2) is 6.31. The molecule has 0 aliphatic rings. The third kappa shape index (κ3) is 3.55. The molecule has 0 fully saturated rings. The first-order chi connectivity index (χ1) is 11.1. The lowest BCUT2D eigenvalue weighted by Crippen LogP contribution is -1.97. The molecule has 0 saturated carbocycles. The van der Waals surface area contributed by atoms with E-state index in [1.54, 1.807) is 35.3 Å². The summed E-state index contributed by atoms with van der Waals surface area (Å²) in [7, 11) is 0. The SMILES string of the molecule is O=C(O)CCc1ccc(-c2ncn(-c3ccc(O)cc3)n2)cc1. The molecule has 0 atom stereocenters. The fourth-order valence-corrected chi connectivity index (χ4v) is 2.20. The van der Waals surface area contributed by atoms with E-state index in [4.69, 9.17) is 5.11 Å². The van der Waals surface area contributed by atoms with Crippen LogP contribution in [0.2, 0.25) is 0 Å². The smallest absolute Gasteiger partial charge is 0.303 e. The normalized spacial score (nSPS) is 10.6. The molecule has 3 rings (SSSR count). The van der Waals surface area contributed by atoms with Crippen molar-refractivity contribution >= 4 is 5.97 Å². The number of aliphatic carboxylic acids is 1. The molecule has 0 aliphatic heterocycles. The predicted molar refractivity (Wildman–Crippen MR) is 84.4 cm³/mol. The Bertz CT molecular complexity index is 808. The number of hydrogen-bond acceptors (Lipinski definition) is 4. The van der Waals surface area contributed by atoms with Gasteiger partial charge in [0.1, 0.15) is 12.1 Å². The van der Waals surface area contributed by atoms with Crippen LogP contribution in [0.5, 0.6) is 5.75 Å². The first kappa shape index (κ1) is 14.8. The van der Waals surface area contributed by atoms with Gasteiger partial charge in [-0.1, -0.05) is 24.3 Å². The van der Waals surface area contributed by atoms with Gasteiger partial charge in [-0.15, -0.1) is 5.10 Å². The minimum Gasteiger partial charge on any atom is -0.508 e. The van der Waals surface area contributed by atoms with E-state index in [1.165, 1.54) is 0 Å². The number of aromatic hydroxyl groups is 1. The summed E-state index contributed by atoms with van der Waals surface area (Å²) in [6, 6.07) is 14.2. The molecule has 0 radical (unpaired) electrons. The van der Waals surface area contributed by atoms with Crippen LogP contribution in [-0.4, -0.2) is 30.9 Å². The predicted octanol–water partition coefficient (Wildman–Crippen LogP) is 2.66.